The van der Waals surface area contributed by atoms with Crippen molar-refractivity contribution in [3.63, 3.8) is 0 Å². The highest BCUT2D eigenvalue weighted by molar-refractivity contribution is 14.0. The zero-order valence-corrected chi connectivity index (χ0v) is 20.6. The molecule has 162 valence electrons. The number of hydrogen-bond acceptors (Lipinski definition) is 4. The number of aryl methyl sites for hydroxylation is 2. The maximum absolute atomic E-state index is 11.6. The molecule has 1 amide bonds. The van der Waals surface area contributed by atoms with Gasteiger partial charge in [-0.2, -0.15) is 5.10 Å². The van der Waals surface area contributed by atoms with E-state index in [1.165, 1.54) is 5.69 Å². The van der Waals surface area contributed by atoms with Gasteiger partial charge in [-0.1, -0.05) is 6.92 Å². The number of alkyl carbamates (subject to hydrolysis) is 1. The highest BCUT2D eigenvalue weighted by Gasteiger charge is 2.15. The minimum absolute atomic E-state index is 0. The van der Waals surface area contributed by atoms with Crippen LogP contribution in [-0.2, 0) is 11.3 Å². The van der Waals surface area contributed by atoms with Gasteiger partial charge >= 0.3 is 6.09 Å². The van der Waals surface area contributed by atoms with Crippen LogP contribution in [0.3, 0.4) is 0 Å². The van der Waals surface area contributed by atoms with Crippen molar-refractivity contribution < 1.29 is 9.53 Å². The second-order valence-electron chi connectivity index (χ2n) is 7.88. The maximum Gasteiger partial charge on any atom is 0.407 e. The average Bonchev–Trinajstić information content (AvgIpc) is 2.85. The highest BCUT2D eigenvalue weighted by Crippen LogP contribution is 2.06. The first-order valence-electron chi connectivity index (χ1n) is 9.53. The fourth-order valence-electron chi connectivity index (χ4n) is 2.51. The predicted molar refractivity (Wildman–Crippen MR) is 124 cm³/mol. The number of aliphatic imine (C=N–C) groups is 1. The van der Waals surface area contributed by atoms with E-state index < -0.39 is 5.60 Å². The van der Waals surface area contributed by atoms with Crippen molar-refractivity contribution in [2.24, 2.45) is 10.9 Å². The molecule has 0 aliphatic carbocycles. The SMILES string of the molecule is CN=C(NCCCNC(=O)OC(C)(C)C)NCC(C)Cn1nc(C)cc1C.I. The highest BCUT2D eigenvalue weighted by atomic mass is 127. The zero-order valence-electron chi connectivity index (χ0n) is 18.3. The summed E-state index contributed by atoms with van der Waals surface area (Å²) in [6.45, 7) is 14.7. The van der Waals surface area contributed by atoms with Gasteiger partial charge in [-0.3, -0.25) is 9.67 Å². The van der Waals surface area contributed by atoms with Crippen LogP contribution in [0, 0.1) is 19.8 Å². The Morgan fingerprint density at radius 1 is 1.25 bits per heavy atom. The predicted octanol–water partition coefficient (Wildman–Crippen LogP) is 2.83. The van der Waals surface area contributed by atoms with Crippen molar-refractivity contribution in [2.45, 2.75) is 60.1 Å². The molecule has 1 unspecified atom stereocenters. The minimum Gasteiger partial charge on any atom is -0.444 e. The summed E-state index contributed by atoms with van der Waals surface area (Å²) in [7, 11) is 1.75. The fraction of sp³-hybridized carbons (Fsp3) is 0.737. The van der Waals surface area contributed by atoms with Gasteiger partial charge in [-0.25, -0.2) is 4.79 Å². The molecule has 0 bridgehead atoms. The first kappa shape index (κ1) is 26.5. The van der Waals surface area contributed by atoms with Crippen molar-refractivity contribution >= 4 is 36.0 Å². The van der Waals surface area contributed by atoms with E-state index in [0.717, 1.165) is 31.2 Å². The largest absolute Gasteiger partial charge is 0.444 e. The van der Waals surface area contributed by atoms with Crippen LogP contribution in [0.4, 0.5) is 4.79 Å². The third-order valence-electron chi connectivity index (χ3n) is 3.74. The lowest BCUT2D eigenvalue weighted by atomic mass is 10.2. The molecule has 0 fully saturated rings. The molecular weight excluding hydrogens is 471 g/mol. The van der Waals surface area contributed by atoms with E-state index >= 15 is 0 Å². The number of guanidine groups is 1. The Bertz CT molecular complexity index is 624. The number of nitrogens with one attached hydrogen (secondary N) is 3. The van der Waals surface area contributed by atoms with Crippen LogP contribution in [0.15, 0.2) is 11.1 Å². The molecule has 9 heteroatoms. The summed E-state index contributed by atoms with van der Waals surface area (Å²) in [6, 6.07) is 2.09. The Morgan fingerprint density at radius 2 is 1.89 bits per heavy atom. The molecule has 0 aromatic carbocycles. The molecule has 0 saturated carbocycles. The molecule has 0 radical (unpaired) electrons. The maximum atomic E-state index is 11.6. The molecule has 1 aromatic heterocycles. The summed E-state index contributed by atoms with van der Waals surface area (Å²) < 4.78 is 7.24. The van der Waals surface area contributed by atoms with Crippen LogP contribution in [0.25, 0.3) is 0 Å². The van der Waals surface area contributed by atoms with Crippen molar-refractivity contribution in [1.82, 2.24) is 25.7 Å². The number of carbonyl (C=O) groups excluding carboxylic acids is 1. The van der Waals surface area contributed by atoms with Gasteiger partial charge in [0.15, 0.2) is 5.96 Å². The summed E-state index contributed by atoms with van der Waals surface area (Å²) in [4.78, 5) is 15.8. The van der Waals surface area contributed by atoms with Crippen molar-refractivity contribution in [2.75, 3.05) is 26.7 Å². The average molecular weight is 508 g/mol. The first-order chi connectivity index (χ1) is 12.6. The standard InChI is InChI=1S/C19H36N6O2.HI/c1-14(13-25-16(3)11-15(2)24-25)12-23-17(20-7)21-9-8-10-22-18(26)27-19(4,5)6;/h11,14H,8-10,12-13H2,1-7H3,(H,22,26)(H2,20,21,23);1H. The van der Waals surface area contributed by atoms with Crippen molar-refractivity contribution in [3.05, 3.63) is 17.5 Å². The Morgan fingerprint density at radius 3 is 2.43 bits per heavy atom. The van der Waals surface area contributed by atoms with Gasteiger partial charge in [0.1, 0.15) is 5.60 Å². The van der Waals surface area contributed by atoms with E-state index in [9.17, 15) is 4.79 Å². The third kappa shape index (κ3) is 11.4. The summed E-state index contributed by atoms with van der Waals surface area (Å²) in [5, 5.41) is 13.8. The van der Waals surface area contributed by atoms with Crippen molar-refractivity contribution in [3.8, 4) is 0 Å². The van der Waals surface area contributed by atoms with Gasteiger partial charge in [0.25, 0.3) is 0 Å². The number of amides is 1. The quantitative estimate of drug-likeness (QED) is 0.218. The molecule has 0 spiro atoms. The topological polar surface area (TPSA) is 92.6 Å². The second-order valence-corrected chi connectivity index (χ2v) is 7.88. The lowest BCUT2D eigenvalue weighted by Crippen LogP contribution is -2.41. The molecule has 3 N–H and O–H groups in total. The van der Waals surface area contributed by atoms with Gasteiger partial charge in [0.05, 0.1) is 5.69 Å². The number of aromatic nitrogens is 2. The van der Waals surface area contributed by atoms with Crippen LogP contribution in [0.2, 0.25) is 0 Å². The fourth-order valence-corrected chi connectivity index (χ4v) is 2.51. The smallest absolute Gasteiger partial charge is 0.407 e. The van der Waals surface area contributed by atoms with Crippen LogP contribution in [-0.4, -0.2) is 54.1 Å². The lowest BCUT2D eigenvalue weighted by Gasteiger charge is -2.20. The molecule has 0 aliphatic heterocycles. The van der Waals surface area contributed by atoms with E-state index in [0.29, 0.717) is 19.0 Å². The summed E-state index contributed by atoms with van der Waals surface area (Å²) in [6.07, 6.45) is 0.393. The van der Waals surface area contributed by atoms with Crippen molar-refractivity contribution in [1.29, 1.82) is 0 Å². The molecular formula is C19H37IN6O2. The molecule has 1 rings (SSSR count). The van der Waals surface area contributed by atoms with E-state index in [4.69, 9.17) is 4.74 Å². The van der Waals surface area contributed by atoms with Gasteiger partial charge in [-0.05, 0) is 53.0 Å². The summed E-state index contributed by atoms with van der Waals surface area (Å²) in [5.41, 5.74) is 1.75. The number of carbonyl (C=O) groups is 1. The van der Waals surface area contributed by atoms with Crippen LogP contribution in [0.5, 0.6) is 0 Å². The van der Waals surface area contributed by atoms with E-state index in [-0.39, 0.29) is 30.1 Å². The summed E-state index contributed by atoms with van der Waals surface area (Å²) >= 11 is 0. The number of ether oxygens (including phenoxy) is 1. The van der Waals surface area contributed by atoms with Gasteiger partial charge in [-0.15, -0.1) is 24.0 Å². The molecule has 1 aromatic rings. The Hall–Kier alpha value is -1.52. The molecule has 8 nitrogen and oxygen atoms in total. The third-order valence-corrected chi connectivity index (χ3v) is 3.74. The van der Waals surface area contributed by atoms with E-state index in [2.05, 4.69) is 46.0 Å². The lowest BCUT2D eigenvalue weighted by molar-refractivity contribution is 0.0527. The van der Waals surface area contributed by atoms with Gasteiger partial charge in [0.2, 0.25) is 0 Å². The first-order valence-corrected chi connectivity index (χ1v) is 9.53. The molecule has 1 heterocycles. The normalized spacial score (nSPS) is 12.8. The number of halogens is 1. The van der Waals surface area contributed by atoms with Crippen LogP contribution < -0.4 is 16.0 Å². The number of rotatable bonds is 8. The molecule has 0 aliphatic rings. The molecule has 28 heavy (non-hydrogen) atoms. The zero-order chi connectivity index (χ0) is 20.4. The van der Waals surface area contributed by atoms with Crippen LogP contribution in [0.1, 0.15) is 45.5 Å². The second kappa shape index (κ2) is 12.8. The van der Waals surface area contributed by atoms with E-state index in [1.807, 2.05) is 32.4 Å². The monoisotopic (exact) mass is 508 g/mol. The minimum atomic E-state index is -0.474. The van der Waals surface area contributed by atoms with Gasteiger partial charge < -0.3 is 20.7 Å². The van der Waals surface area contributed by atoms with Crippen LogP contribution >= 0.6 is 24.0 Å². The number of hydrogen-bond donors (Lipinski definition) is 3. The molecule has 1 atom stereocenters. The molecule has 0 saturated heterocycles. The Kier molecular flexibility index (Phi) is 12.1. The Balaban J connectivity index is 0.00000729. The Labute approximate surface area is 186 Å². The summed E-state index contributed by atoms with van der Waals surface area (Å²) in [5.74, 6) is 1.17. The van der Waals surface area contributed by atoms with Gasteiger partial charge in [0, 0.05) is 38.9 Å². The number of nitrogens with zero attached hydrogens (tertiary/aromatic N) is 3. The van der Waals surface area contributed by atoms with E-state index in [1.54, 1.807) is 7.05 Å².